The quantitative estimate of drug-likeness (QED) is 0.505. The van der Waals surface area contributed by atoms with Crippen LogP contribution in [0.25, 0.3) is 10.2 Å². The van der Waals surface area contributed by atoms with Gasteiger partial charge in [0.1, 0.15) is 0 Å². The summed E-state index contributed by atoms with van der Waals surface area (Å²) < 4.78 is 28.5. The van der Waals surface area contributed by atoms with Crippen molar-refractivity contribution in [2.24, 2.45) is 4.99 Å². The van der Waals surface area contributed by atoms with Gasteiger partial charge in [0.15, 0.2) is 14.6 Å². The van der Waals surface area contributed by atoms with Crippen molar-refractivity contribution in [3.63, 3.8) is 0 Å². The van der Waals surface area contributed by atoms with E-state index in [1.165, 1.54) is 11.3 Å². The van der Waals surface area contributed by atoms with Gasteiger partial charge in [0, 0.05) is 17.4 Å². The van der Waals surface area contributed by atoms with E-state index < -0.39 is 9.84 Å². The molecule has 0 bridgehead atoms. The van der Waals surface area contributed by atoms with Crippen LogP contribution in [0.4, 0.5) is 0 Å². The van der Waals surface area contributed by atoms with E-state index in [1.807, 2.05) is 47.9 Å². The van der Waals surface area contributed by atoms with E-state index >= 15 is 0 Å². The van der Waals surface area contributed by atoms with Gasteiger partial charge in [0.05, 0.1) is 21.7 Å². The Morgan fingerprint density at radius 2 is 1.89 bits per heavy atom. The van der Waals surface area contributed by atoms with Gasteiger partial charge in [-0.25, -0.2) is 8.42 Å². The standard InChI is InChI=1S/C20H21BrN2O3S2/c1-2-23-19-16(21)10-6-11-17(19)27-20(23)22-18(24)12-7-13-28(25,26)14-15-8-4-3-5-9-15/h3-6,8-11H,2,7,12-14H2,1H3. The van der Waals surface area contributed by atoms with Crippen molar-refractivity contribution in [2.75, 3.05) is 5.75 Å². The number of aromatic nitrogens is 1. The smallest absolute Gasteiger partial charge is 0.248 e. The fourth-order valence-electron chi connectivity index (χ4n) is 2.97. The molecule has 1 heterocycles. The van der Waals surface area contributed by atoms with Crippen molar-refractivity contribution in [3.8, 4) is 0 Å². The Morgan fingerprint density at radius 1 is 1.14 bits per heavy atom. The maximum atomic E-state index is 12.3. The van der Waals surface area contributed by atoms with Crippen LogP contribution in [0.15, 0.2) is 58.0 Å². The van der Waals surface area contributed by atoms with E-state index in [-0.39, 0.29) is 30.3 Å². The van der Waals surface area contributed by atoms with E-state index in [2.05, 4.69) is 20.9 Å². The Labute approximate surface area is 176 Å². The first-order valence-corrected chi connectivity index (χ1v) is 12.4. The summed E-state index contributed by atoms with van der Waals surface area (Å²) in [5.74, 6) is -0.311. The largest absolute Gasteiger partial charge is 0.316 e. The second kappa shape index (κ2) is 9.15. The van der Waals surface area contributed by atoms with Crippen molar-refractivity contribution < 1.29 is 13.2 Å². The number of carbonyl (C=O) groups excluding carboxylic acids is 1. The minimum Gasteiger partial charge on any atom is -0.316 e. The van der Waals surface area contributed by atoms with Gasteiger partial charge in [-0.3, -0.25) is 4.79 Å². The van der Waals surface area contributed by atoms with E-state index in [0.717, 1.165) is 20.3 Å². The van der Waals surface area contributed by atoms with Crippen LogP contribution in [0.2, 0.25) is 0 Å². The zero-order valence-electron chi connectivity index (χ0n) is 15.5. The summed E-state index contributed by atoms with van der Waals surface area (Å²) in [5, 5.41) is 0. The highest BCUT2D eigenvalue weighted by Gasteiger charge is 2.14. The number of amides is 1. The van der Waals surface area contributed by atoms with E-state index in [9.17, 15) is 13.2 Å². The molecule has 0 saturated heterocycles. The molecule has 1 aromatic heterocycles. The Balaban J connectivity index is 1.67. The molecular weight excluding hydrogens is 460 g/mol. The lowest BCUT2D eigenvalue weighted by molar-refractivity contribution is -0.118. The molecule has 0 saturated carbocycles. The van der Waals surface area contributed by atoms with Gasteiger partial charge in [-0.15, -0.1) is 0 Å². The Kier molecular flexibility index (Phi) is 6.85. The summed E-state index contributed by atoms with van der Waals surface area (Å²) >= 11 is 5.01. The normalized spacial score (nSPS) is 12.6. The molecule has 0 unspecified atom stereocenters. The number of benzene rings is 2. The zero-order chi connectivity index (χ0) is 20.1. The fourth-order valence-corrected chi connectivity index (χ4v) is 6.25. The highest BCUT2D eigenvalue weighted by Crippen LogP contribution is 2.25. The molecule has 5 nitrogen and oxygen atoms in total. The lowest BCUT2D eigenvalue weighted by Gasteiger charge is -2.04. The molecule has 1 amide bonds. The van der Waals surface area contributed by atoms with Crippen molar-refractivity contribution in [1.29, 1.82) is 0 Å². The summed E-state index contributed by atoms with van der Waals surface area (Å²) in [6.45, 7) is 2.70. The van der Waals surface area contributed by atoms with E-state index in [0.29, 0.717) is 11.3 Å². The van der Waals surface area contributed by atoms with Crippen molar-refractivity contribution in [2.45, 2.75) is 32.1 Å². The highest BCUT2D eigenvalue weighted by atomic mass is 79.9. The molecule has 3 rings (SSSR count). The number of halogens is 1. The molecule has 2 aromatic carbocycles. The molecule has 8 heteroatoms. The fraction of sp³-hybridized carbons (Fsp3) is 0.300. The monoisotopic (exact) mass is 480 g/mol. The Morgan fingerprint density at radius 3 is 2.61 bits per heavy atom. The van der Waals surface area contributed by atoms with Gasteiger partial charge in [0.2, 0.25) is 5.91 Å². The van der Waals surface area contributed by atoms with Gasteiger partial charge in [-0.2, -0.15) is 4.99 Å². The summed E-state index contributed by atoms with van der Waals surface area (Å²) in [6.07, 6.45) is 0.394. The Hall–Kier alpha value is -1.77. The van der Waals surface area contributed by atoms with Gasteiger partial charge in [0.25, 0.3) is 0 Å². The number of carbonyl (C=O) groups is 1. The highest BCUT2D eigenvalue weighted by molar-refractivity contribution is 9.10. The number of rotatable bonds is 7. The average Bonchev–Trinajstić information content (AvgIpc) is 3.00. The van der Waals surface area contributed by atoms with Gasteiger partial charge in [-0.05, 0) is 47.0 Å². The van der Waals surface area contributed by atoms with Gasteiger partial charge in [-0.1, -0.05) is 47.7 Å². The SMILES string of the molecule is CCn1c(=NC(=O)CCCS(=O)(=O)Cc2ccccc2)sc2cccc(Br)c21. The number of nitrogens with zero attached hydrogens (tertiary/aromatic N) is 2. The van der Waals surface area contributed by atoms with Crippen LogP contribution in [-0.2, 0) is 26.9 Å². The number of hydrogen-bond acceptors (Lipinski definition) is 4. The third-order valence-corrected chi connectivity index (χ3v) is 7.63. The summed E-state index contributed by atoms with van der Waals surface area (Å²) in [7, 11) is -3.24. The molecule has 0 aliphatic carbocycles. The van der Waals surface area contributed by atoms with Crippen LogP contribution < -0.4 is 4.80 Å². The van der Waals surface area contributed by atoms with Crippen LogP contribution in [0.5, 0.6) is 0 Å². The number of para-hydroxylation sites is 1. The van der Waals surface area contributed by atoms with E-state index in [1.54, 1.807) is 12.1 Å². The van der Waals surface area contributed by atoms with Gasteiger partial charge >= 0.3 is 0 Å². The second-order valence-corrected chi connectivity index (χ2v) is 10.4. The first-order valence-electron chi connectivity index (χ1n) is 8.99. The summed E-state index contributed by atoms with van der Waals surface area (Å²) in [5.41, 5.74) is 1.78. The summed E-state index contributed by atoms with van der Waals surface area (Å²) in [6, 6.07) is 15.0. The molecular formula is C20H21BrN2O3S2. The number of aryl methyl sites for hydroxylation is 1. The van der Waals surface area contributed by atoms with Crippen LogP contribution in [-0.4, -0.2) is 24.6 Å². The molecule has 0 aliphatic heterocycles. The number of fused-ring (bicyclic) bond motifs is 1. The second-order valence-electron chi connectivity index (χ2n) is 6.40. The summed E-state index contributed by atoms with van der Waals surface area (Å²) in [4.78, 5) is 17.2. The topological polar surface area (TPSA) is 68.5 Å². The predicted octanol–water partition coefficient (Wildman–Crippen LogP) is 4.31. The van der Waals surface area contributed by atoms with Crippen LogP contribution in [0.1, 0.15) is 25.3 Å². The van der Waals surface area contributed by atoms with E-state index in [4.69, 9.17) is 0 Å². The molecule has 0 atom stereocenters. The van der Waals surface area contributed by atoms with Gasteiger partial charge < -0.3 is 4.57 Å². The first kappa shape index (κ1) is 21.0. The molecule has 0 spiro atoms. The molecule has 148 valence electrons. The minimum atomic E-state index is -3.24. The van der Waals surface area contributed by atoms with Crippen LogP contribution in [0.3, 0.4) is 0 Å². The lowest BCUT2D eigenvalue weighted by atomic mass is 10.2. The zero-order valence-corrected chi connectivity index (χ0v) is 18.7. The maximum absolute atomic E-state index is 12.3. The molecule has 3 aromatic rings. The van der Waals surface area contributed by atoms with Crippen molar-refractivity contribution in [3.05, 3.63) is 63.4 Å². The third-order valence-electron chi connectivity index (χ3n) is 4.26. The first-order chi connectivity index (χ1) is 13.4. The number of thiazole rings is 1. The predicted molar refractivity (Wildman–Crippen MR) is 117 cm³/mol. The molecule has 0 fully saturated rings. The number of hydrogen-bond donors (Lipinski definition) is 0. The Bertz CT molecular complexity index is 1150. The third kappa shape index (κ3) is 5.18. The molecule has 0 radical (unpaired) electrons. The van der Waals surface area contributed by atoms with Crippen LogP contribution >= 0.6 is 27.3 Å². The minimum absolute atomic E-state index is 0.000646. The maximum Gasteiger partial charge on any atom is 0.248 e. The lowest BCUT2D eigenvalue weighted by Crippen LogP contribution is -2.16. The number of sulfone groups is 1. The van der Waals surface area contributed by atoms with Crippen LogP contribution in [0, 0.1) is 0 Å². The molecule has 0 aliphatic rings. The van der Waals surface area contributed by atoms with Crippen molar-refractivity contribution >= 4 is 53.2 Å². The van der Waals surface area contributed by atoms with Crippen molar-refractivity contribution in [1.82, 2.24) is 4.57 Å². The average molecular weight is 481 g/mol. The molecule has 28 heavy (non-hydrogen) atoms. The molecule has 0 N–H and O–H groups in total.